The molecule has 108 valence electrons. The van der Waals surface area contributed by atoms with Crippen LogP contribution < -0.4 is 14.8 Å². The van der Waals surface area contributed by atoms with Crippen molar-refractivity contribution in [2.45, 2.75) is 20.4 Å². The van der Waals surface area contributed by atoms with E-state index in [1.165, 1.54) is 0 Å². The molecule has 1 heterocycles. The van der Waals surface area contributed by atoms with Gasteiger partial charge < -0.3 is 14.8 Å². The van der Waals surface area contributed by atoms with Crippen molar-refractivity contribution in [1.82, 2.24) is 20.6 Å². The molecular weight excluding hydrogens is 326 g/mol. The van der Waals surface area contributed by atoms with Gasteiger partial charge in [-0.1, -0.05) is 5.10 Å². The van der Waals surface area contributed by atoms with Crippen molar-refractivity contribution in [3.63, 3.8) is 0 Å². The number of benzene rings is 1. The Morgan fingerprint density at radius 2 is 2.05 bits per heavy atom. The highest BCUT2D eigenvalue weighted by molar-refractivity contribution is 9.10. The Balaban J connectivity index is 2.16. The highest BCUT2D eigenvalue weighted by Gasteiger charge is 2.12. The summed E-state index contributed by atoms with van der Waals surface area (Å²) >= 11 is 3.51. The minimum Gasteiger partial charge on any atom is -0.490 e. The van der Waals surface area contributed by atoms with Crippen LogP contribution in [0.5, 0.6) is 11.5 Å². The number of hydrogen-bond donors (Lipinski definition) is 2. The van der Waals surface area contributed by atoms with Gasteiger partial charge >= 0.3 is 0 Å². The number of ether oxygens (including phenoxy) is 2. The summed E-state index contributed by atoms with van der Waals surface area (Å²) in [6, 6.07) is 3.91. The first kappa shape index (κ1) is 14.6. The van der Waals surface area contributed by atoms with Crippen molar-refractivity contribution in [3.8, 4) is 11.5 Å². The summed E-state index contributed by atoms with van der Waals surface area (Å²) in [5, 5.41) is 16.6. The summed E-state index contributed by atoms with van der Waals surface area (Å²) in [6.07, 6.45) is 0. The molecule has 0 saturated carbocycles. The van der Waals surface area contributed by atoms with E-state index in [4.69, 9.17) is 9.47 Å². The van der Waals surface area contributed by atoms with Crippen LogP contribution in [0.2, 0.25) is 0 Å². The van der Waals surface area contributed by atoms with Crippen LogP contribution in [0.25, 0.3) is 0 Å². The van der Waals surface area contributed by atoms with E-state index in [1.807, 2.05) is 26.0 Å². The van der Waals surface area contributed by atoms with E-state index in [1.54, 1.807) is 0 Å². The van der Waals surface area contributed by atoms with E-state index in [0.29, 0.717) is 31.5 Å². The summed E-state index contributed by atoms with van der Waals surface area (Å²) in [7, 11) is 0. The highest BCUT2D eigenvalue weighted by atomic mass is 79.9. The number of nitrogens with zero attached hydrogens (tertiary/aromatic N) is 3. The zero-order valence-electron chi connectivity index (χ0n) is 11.3. The van der Waals surface area contributed by atoms with Gasteiger partial charge in [0.2, 0.25) is 0 Å². The average Bonchev–Trinajstić information content (AvgIpc) is 2.94. The molecule has 0 radical (unpaired) electrons. The third kappa shape index (κ3) is 3.60. The third-order valence-corrected chi connectivity index (χ3v) is 3.04. The van der Waals surface area contributed by atoms with Gasteiger partial charge in [-0.15, -0.1) is 5.10 Å². The Bertz CT molecular complexity index is 547. The van der Waals surface area contributed by atoms with E-state index < -0.39 is 0 Å². The van der Waals surface area contributed by atoms with Gasteiger partial charge in [-0.25, -0.2) is 0 Å². The fraction of sp³-hybridized carbons (Fsp3) is 0.417. The molecule has 0 saturated heterocycles. The molecule has 0 aliphatic heterocycles. The van der Waals surface area contributed by atoms with Gasteiger partial charge in [0.15, 0.2) is 11.5 Å². The lowest BCUT2D eigenvalue weighted by molar-refractivity contribution is 0.286. The lowest BCUT2D eigenvalue weighted by Gasteiger charge is -2.14. The van der Waals surface area contributed by atoms with Crippen molar-refractivity contribution < 1.29 is 9.47 Å². The Morgan fingerprint density at radius 1 is 1.25 bits per heavy atom. The minimum absolute atomic E-state index is 0.452. The normalized spacial score (nSPS) is 10.3. The van der Waals surface area contributed by atoms with Crippen LogP contribution in [0.1, 0.15) is 19.4 Å². The first-order chi connectivity index (χ1) is 9.74. The molecule has 0 atom stereocenters. The maximum absolute atomic E-state index is 5.62. The molecule has 8 heteroatoms. The molecular formula is C12H16BrN5O2. The average molecular weight is 342 g/mol. The van der Waals surface area contributed by atoms with Gasteiger partial charge in [-0.3, -0.25) is 0 Å². The topological polar surface area (TPSA) is 85.0 Å². The smallest absolute Gasteiger partial charge is 0.263 e. The lowest BCUT2D eigenvalue weighted by Crippen LogP contribution is -2.04. The van der Waals surface area contributed by atoms with Gasteiger partial charge in [0, 0.05) is 6.54 Å². The lowest BCUT2D eigenvalue weighted by atomic mass is 10.2. The first-order valence-corrected chi connectivity index (χ1v) is 7.09. The van der Waals surface area contributed by atoms with Crippen LogP contribution in [0.15, 0.2) is 16.6 Å². The van der Waals surface area contributed by atoms with Gasteiger partial charge in [0.25, 0.3) is 5.95 Å². The van der Waals surface area contributed by atoms with E-state index >= 15 is 0 Å². The Labute approximate surface area is 125 Å². The Kier molecular flexibility index (Phi) is 5.16. The van der Waals surface area contributed by atoms with Gasteiger partial charge in [0.05, 0.1) is 17.7 Å². The number of tetrazole rings is 1. The number of aromatic nitrogens is 4. The maximum Gasteiger partial charge on any atom is 0.263 e. The van der Waals surface area contributed by atoms with Crippen LogP contribution in [-0.2, 0) is 6.54 Å². The highest BCUT2D eigenvalue weighted by Crippen LogP contribution is 2.37. The van der Waals surface area contributed by atoms with Crippen molar-refractivity contribution in [2.75, 3.05) is 18.5 Å². The number of anilines is 1. The van der Waals surface area contributed by atoms with Gasteiger partial charge in [0.1, 0.15) is 0 Å². The summed E-state index contributed by atoms with van der Waals surface area (Å²) in [5.74, 6) is 1.89. The van der Waals surface area contributed by atoms with Crippen LogP contribution in [0.4, 0.5) is 5.95 Å². The van der Waals surface area contributed by atoms with Crippen LogP contribution in [0, 0.1) is 0 Å². The number of nitrogens with one attached hydrogen (secondary N) is 2. The molecule has 20 heavy (non-hydrogen) atoms. The zero-order valence-corrected chi connectivity index (χ0v) is 12.9. The van der Waals surface area contributed by atoms with Crippen molar-refractivity contribution in [2.24, 2.45) is 0 Å². The summed E-state index contributed by atoms with van der Waals surface area (Å²) in [5.41, 5.74) is 1.02. The number of rotatable bonds is 7. The fourth-order valence-electron chi connectivity index (χ4n) is 1.69. The van der Waals surface area contributed by atoms with Crippen LogP contribution >= 0.6 is 15.9 Å². The number of halogens is 1. The van der Waals surface area contributed by atoms with Crippen molar-refractivity contribution >= 4 is 21.9 Å². The molecule has 0 aliphatic carbocycles. The first-order valence-electron chi connectivity index (χ1n) is 6.30. The molecule has 1 aromatic heterocycles. The second-order valence-electron chi connectivity index (χ2n) is 3.86. The van der Waals surface area contributed by atoms with Crippen molar-refractivity contribution in [3.05, 3.63) is 22.2 Å². The van der Waals surface area contributed by atoms with Gasteiger partial charge in [-0.2, -0.15) is 5.21 Å². The van der Waals surface area contributed by atoms with E-state index in [2.05, 4.69) is 41.9 Å². The predicted molar refractivity (Wildman–Crippen MR) is 78.0 cm³/mol. The number of H-pyrrole nitrogens is 1. The summed E-state index contributed by atoms with van der Waals surface area (Å²) in [4.78, 5) is 0. The van der Waals surface area contributed by atoms with Gasteiger partial charge in [-0.05, 0) is 52.7 Å². The summed E-state index contributed by atoms with van der Waals surface area (Å²) in [6.45, 7) is 5.60. The Morgan fingerprint density at radius 3 is 2.70 bits per heavy atom. The molecule has 0 amide bonds. The van der Waals surface area contributed by atoms with Crippen molar-refractivity contribution in [1.29, 1.82) is 0 Å². The molecule has 2 rings (SSSR count). The molecule has 0 bridgehead atoms. The maximum atomic E-state index is 5.62. The van der Waals surface area contributed by atoms with Crippen LogP contribution in [-0.4, -0.2) is 33.8 Å². The quantitative estimate of drug-likeness (QED) is 0.804. The zero-order chi connectivity index (χ0) is 14.4. The second kappa shape index (κ2) is 7.09. The molecule has 1 aromatic carbocycles. The SMILES string of the molecule is CCOc1cc(CNc2nn[nH]n2)cc(Br)c1OCC. The third-order valence-electron chi connectivity index (χ3n) is 2.45. The predicted octanol–water partition coefficient (Wildman–Crippen LogP) is 2.37. The molecule has 0 fully saturated rings. The van der Waals surface area contributed by atoms with E-state index in [0.717, 1.165) is 15.8 Å². The molecule has 2 aromatic rings. The minimum atomic E-state index is 0.452. The van der Waals surface area contributed by atoms with Crippen LogP contribution in [0.3, 0.4) is 0 Å². The second-order valence-corrected chi connectivity index (χ2v) is 4.71. The number of hydrogen-bond acceptors (Lipinski definition) is 6. The molecule has 2 N–H and O–H groups in total. The molecule has 0 spiro atoms. The van der Waals surface area contributed by atoms with E-state index in [-0.39, 0.29) is 0 Å². The molecule has 0 unspecified atom stereocenters. The molecule has 7 nitrogen and oxygen atoms in total. The Hall–Kier alpha value is -1.83. The number of aromatic amines is 1. The standard InChI is InChI=1S/C12H16BrN5O2/c1-3-19-10-6-8(5-9(13)11(10)20-4-2)7-14-12-15-17-18-16-12/h5-6H,3-4,7H2,1-2H3,(H2,14,15,16,17,18). The molecule has 0 aliphatic rings. The monoisotopic (exact) mass is 341 g/mol. The largest absolute Gasteiger partial charge is 0.490 e. The van der Waals surface area contributed by atoms with E-state index in [9.17, 15) is 0 Å². The summed E-state index contributed by atoms with van der Waals surface area (Å²) < 4.78 is 12.1. The fourth-order valence-corrected chi connectivity index (χ4v) is 2.29.